The molecule has 0 aliphatic carbocycles. The maximum atomic E-state index is 13.6. The molecule has 2 aromatic carbocycles. The van der Waals surface area contributed by atoms with Gasteiger partial charge in [0, 0.05) is 48.3 Å². The van der Waals surface area contributed by atoms with Gasteiger partial charge in [0.1, 0.15) is 11.8 Å². The number of hydrogen-bond donors (Lipinski definition) is 1. The van der Waals surface area contributed by atoms with Crippen LogP contribution in [-0.4, -0.2) is 63.4 Å². The Morgan fingerprint density at radius 2 is 1.82 bits per heavy atom. The fourth-order valence-corrected chi connectivity index (χ4v) is 5.26. The van der Waals surface area contributed by atoms with E-state index in [-0.39, 0.29) is 11.1 Å². The number of anilines is 1. The minimum atomic E-state index is -0.393. The predicted octanol–water partition coefficient (Wildman–Crippen LogP) is 4.20. The minimum Gasteiger partial charge on any atom is -0.497 e. The summed E-state index contributed by atoms with van der Waals surface area (Å²) in [7, 11) is 1.65. The number of nitrogens with one attached hydrogen (secondary N) is 1. The molecule has 200 valence electrons. The predicted molar refractivity (Wildman–Crippen MR) is 150 cm³/mol. The van der Waals surface area contributed by atoms with Gasteiger partial charge in [0.05, 0.1) is 12.6 Å². The van der Waals surface area contributed by atoms with E-state index in [1.807, 2.05) is 28.9 Å². The van der Waals surface area contributed by atoms with E-state index in [0.717, 1.165) is 49.3 Å². The van der Waals surface area contributed by atoms with Crippen LogP contribution in [0.5, 0.6) is 5.75 Å². The molecule has 1 fully saturated rings. The highest BCUT2D eigenvalue weighted by Crippen LogP contribution is 2.33. The van der Waals surface area contributed by atoms with Gasteiger partial charge in [0.15, 0.2) is 5.82 Å². The molecule has 4 aromatic rings. The molecule has 0 amide bonds. The minimum absolute atomic E-state index is 0.131. The van der Waals surface area contributed by atoms with Gasteiger partial charge in [-0.1, -0.05) is 19.1 Å². The Hall–Kier alpha value is -3.72. The Morgan fingerprint density at radius 3 is 2.53 bits per heavy atom. The zero-order chi connectivity index (χ0) is 27.0. The molecule has 0 saturated carbocycles. The van der Waals surface area contributed by atoms with Gasteiger partial charge in [-0.15, -0.1) is 5.10 Å². The number of aromatic nitrogens is 5. The summed E-state index contributed by atoms with van der Waals surface area (Å²) in [4.78, 5) is 21.4. The topological polar surface area (TPSA) is 92.2 Å². The zero-order valence-electron chi connectivity index (χ0n) is 23.2. The number of aromatic amines is 1. The van der Waals surface area contributed by atoms with Crippen LogP contribution >= 0.6 is 0 Å². The number of methoxy groups -OCH3 is 1. The molecule has 1 atom stereocenters. The number of piperazine rings is 1. The molecule has 9 nitrogen and oxygen atoms in total. The number of H-pyrrole nitrogens is 1. The molecule has 3 heterocycles. The molecule has 0 spiro atoms. The van der Waals surface area contributed by atoms with Crippen molar-refractivity contribution < 1.29 is 4.74 Å². The SMILES string of the molecule is CCC(C)(C)n1nnnc1C(c1cc2cc(OC)ccc2[nH]c1=O)N1CCN(c2cc(C)ccc2C)CC1. The highest BCUT2D eigenvalue weighted by atomic mass is 16.5. The zero-order valence-corrected chi connectivity index (χ0v) is 23.2. The second kappa shape index (κ2) is 10.2. The normalized spacial score (nSPS) is 15.7. The van der Waals surface area contributed by atoms with E-state index in [1.165, 1.54) is 16.8 Å². The first-order chi connectivity index (χ1) is 18.2. The van der Waals surface area contributed by atoms with Gasteiger partial charge in [-0.2, -0.15) is 0 Å². The molecule has 9 heteroatoms. The highest BCUT2D eigenvalue weighted by Gasteiger charge is 2.36. The van der Waals surface area contributed by atoms with Gasteiger partial charge in [-0.05, 0) is 86.0 Å². The molecule has 5 rings (SSSR count). The third-order valence-electron chi connectivity index (χ3n) is 7.94. The lowest BCUT2D eigenvalue weighted by molar-refractivity contribution is 0.186. The van der Waals surface area contributed by atoms with Crippen LogP contribution in [0, 0.1) is 13.8 Å². The molecular weight excluding hydrogens is 478 g/mol. The molecule has 38 heavy (non-hydrogen) atoms. The second-order valence-corrected chi connectivity index (χ2v) is 10.8. The average Bonchev–Trinajstić information content (AvgIpc) is 3.41. The van der Waals surface area contributed by atoms with Crippen LogP contribution in [-0.2, 0) is 5.54 Å². The Bertz CT molecular complexity index is 1500. The summed E-state index contributed by atoms with van der Waals surface area (Å²) in [6.07, 6.45) is 0.851. The summed E-state index contributed by atoms with van der Waals surface area (Å²) in [5.74, 6) is 1.43. The van der Waals surface area contributed by atoms with E-state index in [9.17, 15) is 4.79 Å². The number of fused-ring (bicyclic) bond motifs is 1. The van der Waals surface area contributed by atoms with Crippen molar-refractivity contribution in [2.45, 2.75) is 52.6 Å². The van der Waals surface area contributed by atoms with E-state index >= 15 is 0 Å². The largest absolute Gasteiger partial charge is 0.497 e. The number of pyridine rings is 1. The Kier molecular flexibility index (Phi) is 6.96. The van der Waals surface area contributed by atoms with Crippen molar-refractivity contribution in [3.05, 3.63) is 75.3 Å². The maximum Gasteiger partial charge on any atom is 0.253 e. The van der Waals surface area contributed by atoms with Crippen LogP contribution in [0.3, 0.4) is 0 Å². The molecule has 1 saturated heterocycles. The molecule has 2 aromatic heterocycles. The summed E-state index contributed by atoms with van der Waals surface area (Å²) in [6.45, 7) is 13.9. The first-order valence-electron chi connectivity index (χ1n) is 13.3. The Balaban J connectivity index is 1.57. The van der Waals surface area contributed by atoms with Gasteiger partial charge in [0.2, 0.25) is 0 Å². The summed E-state index contributed by atoms with van der Waals surface area (Å²) in [5.41, 5.74) is 4.77. The molecule has 0 bridgehead atoms. The number of nitrogens with zero attached hydrogens (tertiary/aromatic N) is 6. The number of ether oxygens (including phenoxy) is 1. The van der Waals surface area contributed by atoms with Crippen LogP contribution in [0.25, 0.3) is 10.9 Å². The number of benzene rings is 2. The summed E-state index contributed by atoms with van der Waals surface area (Å²) in [6, 6.07) is 13.9. The van der Waals surface area contributed by atoms with Crippen LogP contribution in [0.4, 0.5) is 5.69 Å². The monoisotopic (exact) mass is 515 g/mol. The molecular formula is C29H37N7O2. The van der Waals surface area contributed by atoms with Crippen molar-refractivity contribution in [1.29, 1.82) is 0 Å². The molecule has 1 aliphatic heterocycles. The lowest BCUT2D eigenvalue weighted by Gasteiger charge is -2.40. The number of hydrogen-bond acceptors (Lipinski definition) is 7. The Labute approximate surface area is 223 Å². The van der Waals surface area contributed by atoms with Crippen molar-refractivity contribution in [2.24, 2.45) is 0 Å². The quantitative estimate of drug-likeness (QED) is 0.394. The van der Waals surface area contributed by atoms with E-state index in [1.54, 1.807) is 7.11 Å². The molecule has 1 N–H and O–H groups in total. The van der Waals surface area contributed by atoms with E-state index < -0.39 is 6.04 Å². The van der Waals surface area contributed by atoms with Crippen LogP contribution in [0.2, 0.25) is 0 Å². The molecule has 0 radical (unpaired) electrons. The van der Waals surface area contributed by atoms with Crippen molar-refractivity contribution in [3.63, 3.8) is 0 Å². The van der Waals surface area contributed by atoms with Gasteiger partial charge >= 0.3 is 0 Å². The average molecular weight is 516 g/mol. The van der Waals surface area contributed by atoms with E-state index in [2.05, 4.69) is 83.1 Å². The van der Waals surface area contributed by atoms with Gasteiger partial charge in [-0.3, -0.25) is 9.69 Å². The molecule has 1 unspecified atom stereocenters. The van der Waals surface area contributed by atoms with Gasteiger partial charge in [0.25, 0.3) is 5.56 Å². The Morgan fingerprint density at radius 1 is 1.05 bits per heavy atom. The van der Waals surface area contributed by atoms with Crippen molar-refractivity contribution >= 4 is 16.6 Å². The van der Waals surface area contributed by atoms with Gasteiger partial charge in [-0.25, -0.2) is 4.68 Å². The van der Waals surface area contributed by atoms with Crippen LogP contribution in [0.1, 0.15) is 55.7 Å². The van der Waals surface area contributed by atoms with E-state index in [4.69, 9.17) is 4.74 Å². The summed E-state index contributed by atoms with van der Waals surface area (Å²) in [5, 5.41) is 13.9. The second-order valence-electron chi connectivity index (χ2n) is 10.8. The summed E-state index contributed by atoms with van der Waals surface area (Å²) < 4.78 is 7.34. The number of tetrazole rings is 1. The van der Waals surface area contributed by atoms with E-state index in [0.29, 0.717) is 11.4 Å². The summed E-state index contributed by atoms with van der Waals surface area (Å²) >= 11 is 0. The fraction of sp³-hybridized carbons (Fsp3) is 0.448. The first-order valence-corrected chi connectivity index (χ1v) is 13.3. The number of rotatable bonds is 7. The lowest BCUT2D eigenvalue weighted by atomic mass is 9.98. The standard InChI is InChI=1S/C29H37N7O2/c1-7-29(4,5)36-27(31-32-33-36)26(23-18-21-17-22(38-6)10-11-24(21)30-28(23)37)35-14-12-34(13-15-35)25-16-19(2)8-9-20(25)3/h8-11,16-18,26H,7,12-15H2,1-6H3,(H,30,37). The maximum absolute atomic E-state index is 13.6. The first kappa shape index (κ1) is 25.9. The van der Waals surface area contributed by atoms with Crippen molar-refractivity contribution in [1.82, 2.24) is 30.1 Å². The third kappa shape index (κ3) is 4.78. The lowest BCUT2D eigenvalue weighted by Crippen LogP contribution is -2.49. The van der Waals surface area contributed by atoms with Crippen molar-refractivity contribution in [3.8, 4) is 5.75 Å². The van der Waals surface area contributed by atoms with Crippen LogP contribution in [0.15, 0.2) is 47.3 Å². The van der Waals surface area contributed by atoms with Crippen LogP contribution < -0.4 is 15.2 Å². The number of aryl methyl sites for hydroxylation is 2. The smallest absolute Gasteiger partial charge is 0.253 e. The van der Waals surface area contributed by atoms with Crippen molar-refractivity contribution in [2.75, 3.05) is 38.2 Å². The third-order valence-corrected chi connectivity index (χ3v) is 7.94. The highest BCUT2D eigenvalue weighted by molar-refractivity contribution is 5.80. The van der Waals surface area contributed by atoms with Gasteiger partial charge < -0.3 is 14.6 Å². The fourth-order valence-electron chi connectivity index (χ4n) is 5.26. The molecule has 1 aliphatic rings.